The molecule has 1 saturated heterocycles. The number of carbonyl (C=O) groups is 1. The third-order valence-corrected chi connectivity index (χ3v) is 3.29. The predicted molar refractivity (Wildman–Crippen MR) is 73.5 cm³/mol. The molecule has 1 aromatic rings. The van der Waals surface area contributed by atoms with Crippen LogP contribution in [0.1, 0.15) is 19.8 Å². The number of nitrogens with zero attached hydrogens (tertiary/aromatic N) is 2. The number of nitro benzene ring substituents is 1. The van der Waals surface area contributed by atoms with Crippen LogP contribution in [-0.4, -0.2) is 39.7 Å². The number of piperidine rings is 1. The fourth-order valence-electron chi connectivity index (χ4n) is 2.26. The third-order valence-electron chi connectivity index (χ3n) is 3.29. The Balaban J connectivity index is 1.99. The zero-order valence-corrected chi connectivity index (χ0v) is 11.2. The van der Waals surface area contributed by atoms with E-state index in [1.54, 1.807) is 11.8 Å². The number of hydrogen-bond donors (Lipinski definition) is 2. The lowest BCUT2D eigenvalue weighted by molar-refractivity contribution is -0.384. The van der Waals surface area contributed by atoms with Gasteiger partial charge in [0.25, 0.3) is 5.69 Å². The number of nitrogens with one attached hydrogen (secondary N) is 1. The first-order valence-corrected chi connectivity index (χ1v) is 6.40. The molecule has 20 heavy (non-hydrogen) atoms. The molecule has 7 heteroatoms. The van der Waals surface area contributed by atoms with Crippen LogP contribution < -0.4 is 5.32 Å². The van der Waals surface area contributed by atoms with Gasteiger partial charge in [0.15, 0.2) is 0 Å². The number of carbonyl (C=O) groups excluding carboxylic acids is 1. The third kappa shape index (κ3) is 3.45. The van der Waals surface area contributed by atoms with E-state index in [0.29, 0.717) is 18.7 Å². The lowest BCUT2D eigenvalue weighted by Gasteiger charge is -2.36. The van der Waals surface area contributed by atoms with Crippen molar-refractivity contribution in [1.82, 2.24) is 4.90 Å². The van der Waals surface area contributed by atoms with E-state index in [2.05, 4.69) is 5.32 Å². The number of amides is 2. The van der Waals surface area contributed by atoms with Crippen molar-refractivity contribution >= 4 is 17.4 Å². The maximum atomic E-state index is 12.0. The van der Waals surface area contributed by atoms with Gasteiger partial charge in [0, 0.05) is 24.4 Å². The molecule has 0 bridgehead atoms. The average molecular weight is 279 g/mol. The number of urea groups is 1. The van der Waals surface area contributed by atoms with Crippen LogP contribution in [-0.2, 0) is 0 Å². The predicted octanol–water partition coefficient (Wildman–Crippen LogP) is 1.97. The van der Waals surface area contributed by atoms with Gasteiger partial charge in [-0.25, -0.2) is 4.79 Å². The molecular formula is C13H17N3O4. The molecule has 1 atom stereocenters. The van der Waals surface area contributed by atoms with E-state index in [9.17, 15) is 20.0 Å². The number of rotatable bonds is 2. The van der Waals surface area contributed by atoms with Gasteiger partial charge in [0.1, 0.15) is 0 Å². The van der Waals surface area contributed by atoms with E-state index in [-0.39, 0.29) is 18.3 Å². The van der Waals surface area contributed by atoms with Crippen LogP contribution in [0.5, 0.6) is 0 Å². The fraction of sp³-hybridized carbons (Fsp3) is 0.462. The molecule has 1 fully saturated rings. The van der Waals surface area contributed by atoms with E-state index in [0.717, 1.165) is 6.42 Å². The molecule has 0 aromatic heterocycles. The summed E-state index contributed by atoms with van der Waals surface area (Å²) in [5.74, 6) is 0. The normalized spacial score (nSPS) is 22.4. The summed E-state index contributed by atoms with van der Waals surface area (Å²) in [7, 11) is 0. The van der Waals surface area contributed by atoms with Gasteiger partial charge in [-0.3, -0.25) is 10.1 Å². The van der Waals surface area contributed by atoms with Gasteiger partial charge in [-0.2, -0.15) is 0 Å². The van der Waals surface area contributed by atoms with Crippen LogP contribution in [0.4, 0.5) is 16.2 Å². The molecule has 2 rings (SSSR count). The summed E-state index contributed by atoms with van der Waals surface area (Å²) in [6.07, 6.45) is 1.43. The number of hydrogen-bond acceptors (Lipinski definition) is 4. The van der Waals surface area contributed by atoms with Crippen LogP contribution in [0, 0.1) is 10.1 Å². The van der Waals surface area contributed by atoms with Crippen molar-refractivity contribution in [3.05, 3.63) is 34.4 Å². The molecule has 108 valence electrons. The van der Waals surface area contributed by atoms with Gasteiger partial charge >= 0.3 is 6.03 Å². The van der Waals surface area contributed by atoms with Gasteiger partial charge in [-0.05, 0) is 31.9 Å². The Bertz CT molecular complexity index is 513. The van der Waals surface area contributed by atoms with Crippen molar-refractivity contribution < 1.29 is 14.8 Å². The van der Waals surface area contributed by atoms with Crippen molar-refractivity contribution in [2.75, 3.05) is 18.4 Å². The molecule has 2 amide bonds. The molecule has 2 N–H and O–H groups in total. The molecule has 1 unspecified atom stereocenters. The maximum Gasteiger partial charge on any atom is 0.321 e. The lowest BCUT2D eigenvalue weighted by Crippen LogP contribution is -2.49. The van der Waals surface area contributed by atoms with Gasteiger partial charge in [0.05, 0.1) is 17.1 Å². The molecule has 7 nitrogen and oxygen atoms in total. The minimum Gasteiger partial charge on any atom is -0.388 e. The highest BCUT2D eigenvalue weighted by atomic mass is 16.6. The van der Waals surface area contributed by atoms with Crippen LogP contribution in [0.3, 0.4) is 0 Å². The first-order valence-electron chi connectivity index (χ1n) is 6.40. The molecule has 1 aromatic carbocycles. The van der Waals surface area contributed by atoms with Crippen molar-refractivity contribution in [3.8, 4) is 0 Å². The number of nitro groups is 1. The van der Waals surface area contributed by atoms with Gasteiger partial charge in [0.2, 0.25) is 0 Å². The summed E-state index contributed by atoms with van der Waals surface area (Å²) in [4.78, 5) is 23.6. The summed E-state index contributed by atoms with van der Waals surface area (Å²) < 4.78 is 0. The Hall–Kier alpha value is -2.15. The standard InChI is InChI=1S/C13H17N3O4/c1-13(18)7-2-8-15(9-13)12(17)14-10-3-5-11(6-4-10)16(19)20/h3-6,18H,2,7-9H2,1H3,(H,14,17). The number of anilines is 1. The number of likely N-dealkylation sites (tertiary alicyclic amines) is 1. The van der Waals surface area contributed by atoms with E-state index >= 15 is 0 Å². The smallest absolute Gasteiger partial charge is 0.321 e. The number of non-ortho nitro benzene ring substituents is 1. The molecule has 0 aliphatic carbocycles. The molecule has 0 saturated carbocycles. The highest BCUT2D eigenvalue weighted by Crippen LogP contribution is 2.21. The van der Waals surface area contributed by atoms with E-state index in [1.807, 2.05) is 0 Å². The summed E-state index contributed by atoms with van der Waals surface area (Å²) >= 11 is 0. The van der Waals surface area contributed by atoms with E-state index in [4.69, 9.17) is 0 Å². The van der Waals surface area contributed by atoms with Gasteiger partial charge in [-0.1, -0.05) is 0 Å². The summed E-state index contributed by atoms with van der Waals surface area (Å²) in [5, 5.41) is 23.2. The topological polar surface area (TPSA) is 95.7 Å². The second-order valence-corrected chi connectivity index (χ2v) is 5.26. The highest BCUT2D eigenvalue weighted by molar-refractivity contribution is 5.89. The Morgan fingerprint density at radius 3 is 2.65 bits per heavy atom. The largest absolute Gasteiger partial charge is 0.388 e. The van der Waals surface area contributed by atoms with Gasteiger partial charge in [-0.15, -0.1) is 0 Å². The van der Waals surface area contributed by atoms with Crippen LogP contribution in [0.2, 0.25) is 0 Å². The molecule has 1 heterocycles. The SMILES string of the molecule is CC1(O)CCCN(C(=O)Nc2ccc([N+](=O)[O-])cc2)C1. The maximum absolute atomic E-state index is 12.0. The molecule has 0 spiro atoms. The Morgan fingerprint density at radius 1 is 1.45 bits per heavy atom. The Kier molecular flexibility index (Phi) is 3.89. The number of aliphatic hydroxyl groups is 1. The number of β-amino-alcohol motifs (C(OH)–C–C–N with tert-alkyl or cyclic N) is 1. The zero-order chi connectivity index (χ0) is 14.8. The monoisotopic (exact) mass is 279 g/mol. The van der Waals surface area contributed by atoms with Crippen molar-refractivity contribution in [3.63, 3.8) is 0 Å². The highest BCUT2D eigenvalue weighted by Gasteiger charge is 2.30. The molecule has 1 aliphatic rings. The fourth-order valence-corrected chi connectivity index (χ4v) is 2.26. The molecule has 1 aliphatic heterocycles. The summed E-state index contributed by atoms with van der Waals surface area (Å²) in [6, 6.07) is 5.33. The van der Waals surface area contributed by atoms with Gasteiger partial charge < -0.3 is 15.3 Å². The zero-order valence-electron chi connectivity index (χ0n) is 11.2. The van der Waals surface area contributed by atoms with E-state index < -0.39 is 10.5 Å². The Morgan fingerprint density at radius 2 is 2.10 bits per heavy atom. The average Bonchev–Trinajstić information content (AvgIpc) is 2.38. The number of benzene rings is 1. The minimum atomic E-state index is -0.856. The van der Waals surface area contributed by atoms with Crippen LogP contribution >= 0.6 is 0 Å². The van der Waals surface area contributed by atoms with Crippen molar-refractivity contribution in [2.45, 2.75) is 25.4 Å². The minimum absolute atomic E-state index is 0.0242. The van der Waals surface area contributed by atoms with E-state index in [1.165, 1.54) is 24.3 Å². The Labute approximate surface area is 116 Å². The molecule has 0 radical (unpaired) electrons. The first kappa shape index (κ1) is 14.3. The quantitative estimate of drug-likeness (QED) is 0.639. The first-order chi connectivity index (χ1) is 9.37. The second kappa shape index (κ2) is 5.46. The molecular weight excluding hydrogens is 262 g/mol. The van der Waals surface area contributed by atoms with Crippen LogP contribution in [0.25, 0.3) is 0 Å². The summed E-state index contributed by atoms with van der Waals surface area (Å²) in [6.45, 7) is 2.58. The van der Waals surface area contributed by atoms with Crippen molar-refractivity contribution in [2.24, 2.45) is 0 Å². The summed E-state index contributed by atoms with van der Waals surface area (Å²) in [5.41, 5.74) is -0.389. The van der Waals surface area contributed by atoms with Crippen LogP contribution in [0.15, 0.2) is 24.3 Å². The second-order valence-electron chi connectivity index (χ2n) is 5.26. The van der Waals surface area contributed by atoms with Crippen molar-refractivity contribution in [1.29, 1.82) is 0 Å². The lowest BCUT2D eigenvalue weighted by atomic mass is 9.95.